The molecule has 0 radical (unpaired) electrons. The molecule has 2 aromatic carbocycles. The summed E-state index contributed by atoms with van der Waals surface area (Å²) in [5.74, 6) is 2.26. The Balaban J connectivity index is 1.69. The molecule has 1 saturated heterocycles. The van der Waals surface area contributed by atoms with Crippen LogP contribution in [0.5, 0.6) is 11.5 Å². The third-order valence-electron chi connectivity index (χ3n) is 5.65. The van der Waals surface area contributed by atoms with Crippen LogP contribution in [-0.2, 0) is 16.7 Å². The largest absolute Gasteiger partial charge is 0.497 e. The van der Waals surface area contributed by atoms with E-state index in [-0.39, 0.29) is 5.41 Å². The van der Waals surface area contributed by atoms with Crippen LogP contribution in [0.15, 0.2) is 47.5 Å². The van der Waals surface area contributed by atoms with Gasteiger partial charge >= 0.3 is 0 Å². The average molecular weight is 432 g/mol. The van der Waals surface area contributed by atoms with Gasteiger partial charge in [-0.15, -0.1) is 0 Å². The summed E-state index contributed by atoms with van der Waals surface area (Å²) < 4.78 is 16.4. The van der Waals surface area contributed by atoms with E-state index in [4.69, 9.17) is 25.8 Å². The topological polar surface area (TPSA) is 64.1 Å². The zero-order valence-electron chi connectivity index (χ0n) is 17.8. The number of methoxy groups -OCH3 is 2. The smallest absolute Gasteiger partial charge is 0.191 e. The van der Waals surface area contributed by atoms with E-state index in [1.807, 2.05) is 36.4 Å². The van der Waals surface area contributed by atoms with Crippen LogP contribution in [0.4, 0.5) is 0 Å². The Labute approximate surface area is 183 Å². The van der Waals surface area contributed by atoms with Crippen LogP contribution in [0.1, 0.15) is 24.0 Å². The first-order valence-corrected chi connectivity index (χ1v) is 10.5. The van der Waals surface area contributed by atoms with Crippen molar-refractivity contribution in [2.45, 2.75) is 24.8 Å². The van der Waals surface area contributed by atoms with Gasteiger partial charge in [0, 0.05) is 55.4 Å². The number of benzene rings is 2. The predicted molar refractivity (Wildman–Crippen MR) is 121 cm³/mol. The Kier molecular flexibility index (Phi) is 7.82. The minimum Gasteiger partial charge on any atom is -0.497 e. The molecule has 1 aliphatic rings. The zero-order valence-corrected chi connectivity index (χ0v) is 18.6. The second-order valence-corrected chi connectivity index (χ2v) is 7.74. The van der Waals surface area contributed by atoms with Crippen molar-refractivity contribution in [3.8, 4) is 11.5 Å². The molecule has 0 amide bonds. The molecule has 0 spiro atoms. The van der Waals surface area contributed by atoms with Crippen molar-refractivity contribution in [2.24, 2.45) is 4.99 Å². The predicted octanol–water partition coefficient (Wildman–Crippen LogP) is 3.77. The monoisotopic (exact) mass is 431 g/mol. The molecule has 3 rings (SSSR count). The van der Waals surface area contributed by atoms with E-state index >= 15 is 0 Å². The summed E-state index contributed by atoms with van der Waals surface area (Å²) in [6.07, 6.45) is 1.82. The Morgan fingerprint density at radius 2 is 1.87 bits per heavy atom. The lowest BCUT2D eigenvalue weighted by atomic mass is 9.74. The van der Waals surface area contributed by atoms with E-state index in [0.29, 0.717) is 6.54 Å². The number of hydrogen-bond acceptors (Lipinski definition) is 4. The number of hydrogen-bond donors (Lipinski definition) is 2. The van der Waals surface area contributed by atoms with Gasteiger partial charge in [0.05, 0.1) is 14.2 Å². The molecule has 30 heavy (non-hydrogen) atoms. The van der Waals surface area contributed by atoms with Crippen molar-refractivity contribution < 1.29 is 14.2 Å². The van der Waals surface area contributed by atoms with Crippen molar-refractivity contribution in [1.82, 2.24) is 10.6 Å². The maximum absolute atomic E-state index is 6.56. The molecule has 0 unspecified atom stereocenters. The minimum atomic E-state index is -0.0913. The highest BCUT2D eigenvalue weighted by molar-refractivity contribution is 6.31. The van der Waals surface area contributed by atoms with Crippen LogP contribution in [-0.4, -0.2) is 47.0 Å². The van der Waals surface area contributed by atoms with Crippen LogP contribution in [0.3, 0.4) is 0 Å². The van der Waals surface area contributed by atoms with Crippen molar-refractivity contribution >= 4 is 17.6 Å². The molecule has 0 saturated carbocycles. The van der Waals surface area contributed by atoms with E-state index in [1.54, 1.807) is 21.3 Å². The summed E-state index contributed by atoms with van der Waals surface area (Å²) in [6.45, 7) is 2.75. The van der Waals surface area contributed by atoms with Crippen LogP contribution in [0, 0.1) is 0 Å². The first-order valence-electron chi connectivity index (χ1n) is 10.1. The van der Waals surface area contributed by atoms with Gasteiger partial charge < -0.3 is 24.8 Å². The molecular formula is C23H30ClN3O3. The highest BCUT2D eigenvalue weighted by atomic mass is 35.5. The average Bonchev–Trinajstić information content (AvgIpc) is 2.80. The number of rotatable bonds is 7. The maximum atomic E-state index is 6.56. The molecule has 2 N–H and O–H groups in total. The number of nitrogens with zero attached hydrogens (tertiary/aromatic N) is 1. The van der Waals surface area contributed by atoms with Gasteiger partial charge in [-0.25, -0.2) is 0 Å². The summed E-state index contributed by atoms with van der Waals surface area (Å²) in [7, 11) is 5.07. The first-order chi connectivity index (χ1) is 14.6. The first kappa shape index (κ1) is 22.2. The van der Waals surface area contributed by atoms with Crippen LogP contribution in [0.2, 0.25) is 5.02 Å². The Morgan fingerprint density at radius 3 is 2.53 bits per heavy atom. The summed E-state index contributed by atoms with van der Waals surface area (Å²) in [5, 5.41) is 7.67. The van der Waals surface area contributed by atoms with Gasteiger partial charge in [0.1, 0.15) is 11.5 Å². The summed E-state index contributed by atoms with van der Waals surface area (Å²) in [4.78, 5) is 4.39. The van der Waals surface area contributed by atoms with Gasteiger partial charge in [0.15, 0.2) is 5.96 Å². The van der Waals surface area contributed by atoms with Gasteiger partial charge in [0.2, 0.25) is 0 Å². The van der Waals surface area contributed by atoms with Crippen molar-refractivity contribution in [1.29, 1.82) is 0 Å². The Hall–Kier alpha value is -2.44. The fourth-order valence-electron chi connectivity index (χ4n) is 3.85. The Bertz CT molecular complexity index is 867. The second kappa shape index (κ2) is 10.5. The molecule has 162 valence electrons. The quantitative estimate of drug-likeness (QED) is 0.516. The number of halogens is 1. The summed E-state index contributed by atoms with van der Waals surface area (Å²) in [5.41, 5.74) is 2.09. The highest BCUT2D eigenvalue weighted by Crippen LogP contribution is 2.38. The van der Waals surface area contributed by atoms with Gasteiger partial charge in [-0.2, -0.15) is 0 Å². The van der Waals surface area contributed by atoms with Gasteiger partial charge in [-0.05, 0) is 36.6 Å². The summed E-state index contributed by atoms with van der Waals surface area (Å²) >= 11 is 6.56. The lowest BCUT2D eigenvalue weighted by molar-refractivity contribution is 0.0514. The lowest BCUT2D eigenvalue weighted by Gasteiger charge is -2.38. The molecule has 0 aliphatic carbocycles. The third-order valence-corrected chi connectivity index (χ3v) is 5.98. The fraction of sp³-hybridized carbons (Fsp3) is 0.435. The molecule has 6 nitrogen and oxygen atoms in total. The molecule has 1 aliphatic heterocycles. The van der Waals surface area contributed by atoms with Crippen LogP contribution in [0.25, 0.3) is 0 Å². The minimum absolute atomic E-state index is 0.0913. The molecule has 0 atom stereocenters. The van der Waals surface area contributed by atoms with E-state index in [1.165, 1.54) is 0 Å². The van der Waals surface area contributed by atoms with Crippen LogP contribution >= 0.6 is 11.6 Å². The van der Waals surface area contributed by atoms with E-state index in [2.05, 4.69) is 21.7 Å². The molecule has 2 aromatic rings. The molecule has 0 aromatic heterocycles. The van der Waals surface area contributed by atoms with E-state index in [0.717, 1.165) is 66.2 Å². The van der Waals surface area contributed by atoms with Gasteiger partial charge in [0.25, 0.3) is 0 Å². The van der Waals surface area contributed by atoms with E-state index in [9.17, 15) is 0 Å². The van der Waals surface area contributed by atoms with Crippen molar-refractivity contribution in [2.75, 3.05) is 41.0 Å². The second-order valence-electron chi connectivity index (χ2n) is 7.33. The summed E-state index contributed by atoms with van der Waals surface area (Å²) in [6, 6.07) is 13.9. The van der Waals surface area contributed by atoms with E-state index < -0.39 is 0 Å². The number of nitrogens with one attached hydrogen (secondary N) is 2. The SMILES string of the molecule is CN=C(NCc1ccc(OC)cc1OC)NCC1(c2ccccc2Cl)CCOCC1. The van der Waals surface area contributed by atoms with Gasteiger partial charge in [-0.3, -0.25) is 4.99 Å². The number of aliphatic imine (C=N–C) groups is 1. The number of ether oxygens (including phenoxy) is 3. The molecule has 0 bridgehead atoms. The fourth-order valence-corrected chi connectivity index (χ4v) is 4.18. The molecular weight excluding hydrogens is 402 g/mol. The molecule has 1 heterocycles. The highest BCUT2D eigenvalue weighted by Gasteiger charge is 2.36. The normalized spacial score (nSPS) is 16.1. The Morgan fingerprint density at radius 1 is 1.10 bits per heavy atom. The molecule has 7 heteroatoms. The van der Waals surface area contributed by atoms with Gasteiger partial charge in [-0.1, -0.05) is 29.8 Å². The third kappa shape index (κ3) is 5.18. The zero-order chi connectivity index (χ0) is 21.4. The van der Waals surface area contributed by atoms with Crippen molar-refractivity contribution in [3.63, 3.8) is 0 Å². The lowest BCUT2D eigenvalue weighted by Crippen LogP contribution is -2.48. The molecule has 1 fully saturated rings. The van der Waals surface area contributed by atoms with Crippen molar-refractivity contribution in [3.05, 3.63) is 58.6 Å². The standard InChI is InChI=1S/C23H30ClN3O3/c1-25-22(26-15-17-8-9-18(28-2)14-21(17)29-3)27-16-23(10-12-30-13-11-23)19-6-4-5-7-20(19)24/h4-9,14H,10-13,15-16H2,1-3H3,(H2,25,26,27). The number of guanidine groups is 1. The van der Waals surface area contributed by atoms with Crippen LogP contribution < -0.4 is 20.1 Å². The maximum Gasteiger partial charge on any atom is 0.191 e.